The van der Waals surface area contributed by atoms with Crippen molar-refractivity contribution in [3.05, 3.63) is 47.0 Å². The first-order valence-corrected chi connectivity index (χ1v) is 8.88. The number of carbonyl (C=O) groups excluding carboxylic acids is 2. The number of ether oxygens (including phenoxy) is 2. The van der Waals surface area contributed by atoms with Crippen molar-refractivity contribution in [1.29, 1.82) is 0 Å². The van der Waals surface area contributed by atoms with E-state index in [1.165, 1.54) is 0 Å². The number of aliphatic hydroxyl groups excluding tert-OH is 4. The first-order chi connectivity index (χ1) is 13.3. The van der Waals surface area contributed by atoms with Gasteiger partial charge in [0.25, 0.3) is 11.8 Å². The van der Waals surface area contributed by atoms with Gasteiger partial charge in [0.2, 0.25) is 0 Å². The predicted octanol–water partition coefficient (Wildman–Crippen LogP) is -0.955. The summed E-state index contributed by atoms with van der Waals surface area (Å²) in [7, 11) is 0. The van der Waals surface area contributed by atoms with Crippen LogP contribution in [-0.4, -0.2) is 87.6 Å². The van der Waals surface area contributed by atoms with E-state index < -0.39 is 37.3 Å². The first-order valence-electron chi connectivity index (χ1n) is 8.88. The van der Waals surface area contributed by atoms with Crippen LogP contribution in [0.2, 0.25) is 0 Å². The molecule has 1 aromatic carbocycles. The van der Waals surface area contributed by atoms with Gasteiger partial charge >= 0.3 is 0 Å². The van der Waals surface area contributed by atoms with Crippen LogP contribution in [-0.2, 0) is 9.47 Å². The molecule has 0 bridgehead atoms. The molecule has 0 aromatic heterocycles. The topological polar surface area (TPSA) is 137 Å². The highest BCUT2D eigenvalue weighted by atomic mass is 16.7. The van der Waals surface area contributed by atoms with E-state index in [-0.39, 0.29) is 25.0 Å². The van der Waals surface area contributed by atoms with Crippen molar-refractivity contribution in [1.82, 2.24) is 4.90 Å². The molecule has 1 aromatic rings. The zero-order valence-electron chi connectivity index (χ0n) is 15.3. The number of fused-ring (bicyclic) bond motifs is 1. The van der Waals surface area contributed by atoms with Gasteiger partial charge in [-0.2, -0.15) is 0 Å². The molecule has 0 spiro atoms. The van der Waals surface area contributed by atoms with Crippen molar-refractivity contribution < 1.29 is 39.5 Å². The fraction of sp³-hybridized carbons (Fsp3) is 0.474. The second kappa shape index (κ2) is 8.48. The van der Waals surface area contributed by atoms with E-state index in [2.05, 4.69) is 0 Å². The largest absolute Gasteiger partial charge is 0.394 e. The highest BCUT2D eigenvalue weighted by Crippen LogP contribution is 2.24. The molecule has 9 heteroatoms. The molecule has 0 radical (unpaired) electrons. The third-order valence-corrected chi connectivity index (χ3v) is 4.82. The minimum absolute atomic E-state index is 0.00808. The molecular formula is C19H23NO8. The number of carbonyl (C=O) groups is 2. The molecule has 4 N–H and O–H groups in total. The molecule has 0 saturated carbocycles. The fourth-order valence-electron chi connectivity index (χ4n) is 3.13. The maximum atomic E-state index is 12.3. The summed E-state index contributed by atoms with van der Waals surface area (Å²) in [5.74, 6) is -0.723. The van der Waals surface area contributed by atoms with Crippen LogP contribution in [0.25, 0.3) is 0 Å². The summed E-state index contributed by atoms with van der Waals surface area (Å²) in [4.78, 5) is 25.8. The second-order valence-corrected chi connectivity index (χ2v) is 6.83. The van der Waals surface area contributed by atoms with Crippen LogP contribution in [0, 0.1) is 0 Å². The van der Waals surface area contributed by atoms with Gasteiger partial charge in [0.15, 0.2) is 6.29 Å². The van der Waals surface area contributed by atoms with Gasteiger partial charge < -0.3 is 29.9 Å². The number of benzene rings is 1. The lowest BCUT2D eigenvalue weighted by molar-refractivity contribution is -0.299. The lowest BCUT2D eigenvalue weighted by Gasteiger charge is -2.39. The fourth-order valence-corrected chi connectivity index (χ4v) is 3.13. The summed E-state index contributed by atoms with van der Waals surface area (Å²) < 4.78 is 10.7. The van der Waals surface area contributed by atoms with Gasteiger partial charge in [-0.25, -0.2) is 0 Å². The van der Waals surface area contributed by atoms with Crippen LogP contribution in [0.15, 0.2) is 35.9 Å². The zero-order valence-corrected chi connectivity index (χ0v) is 15.3. The molecule has 2 amide bonds. The van der Waals surface area contributed by atoms with Crippen molar-refractivity contribution >= 4 is 11.8 Å². The number of rotatable bonds is 6. The number of nitrogens with zero attached hydrogens (tertiary/aromatic N) is 1. The van der Waals surface area contributed by atoms with Gasteiger partial charge in [-0.05, 0) is 24.6 Å². The predicted molar refractivity (Wildman–Crippen MR) is 95.3 cm³/mol. The van der Waals surface area contributed by atoms with Crippen molar-refractivity contribution in [2.75, 3.05) is 19.8 Å². The molecular weight excluding hydrogens is 370 g/mol. The summed E-state index contributed by atoms with van der Waals surface area (Å²) in [6, 6.07) is 6.61. The van der Waals surface area contributed by atoms with Crippen molar-refractivity contribution in [3.63, 3.8) is 0 Å². The Morgan fingerprint density at radius 3 is 2.29 bits per heavy atom. The Labute approximate surface area is 161 Å². The SMILES string of the molecule is CC(=CCN1C(=O)c2ccccc2C1=O)CO[C@H]1O[C@H](CO)[C@@H](O)[C@H](O)[C@H]1O. The van der Waals surface area contributed by atoms with Gasteiger partial charge in [0.05, 0.1) is 24.3 Å². The molecule has 2 aliphatic rings. The molecule has 3 rings (SSSR count). The average Bonchev–Trinajstić information content (AvgIpc) is 2.94. The van der Waals surface area contributed by atoms with E-state index in [4.69, 9.17) is 9.47 Å². The number of aliphatic hydroxyl groups is 4. The van der Waals surface area contributed by atoms with E-state index in [1.54, 1.807) is 37.3 Å². The van der Waals surface area contributed by atoms with Gasteiger partial charge in [0, 0.05) is 6.54 Å². The maximum absolute atomic E-state index is 12.3. The molecule has 152 valence electrons. The van der Waals surface area contributed by atoms with E-state index in [0.717, 1.165) is 4.90 Å². The molecule has 0 aliphatic carbocycles. The monoisotopic (exact) mass is 393 g/mol. The van der Waals surface area contributed by atoms with Crippen LogP contribution < -0.4 is 0 Å². The lowest BCUT2D eigenvalue weighted by atomic mass is 9.99. The van der Waals surface area contributed by atoms with Crippen molar-refractivity contribution in [2.24, 2.45) is 0 Å². The van der Waals surface area contributed by atoms with Crippen molar-refractivity contribution in [3.8, 4) is 0 Å². The van der Waals surface area contributed by atoms with Crippen LogP contribution >= 0.6 is 0 Å². The summed E-state index contributed by atoms with van der Waals surface area (Å²) in [5, 5.41) is 38.6. The Hall–Kier alpha value is -2.14. The Morgan fingerprint density at radius 2 is 1.71 bits per heavy atom. The molecule has 5 atom stereocenters. The van der Waals surface area contributed by atoms with E-state index in [9.17, 15) is 30.0 Å². The first kappa shape index (κ1) is 20.6. The highest BCUT2D eigenvalue weighted by Gasteiger charge is 2.44. The quantitative estimate of drug-likeness (QED) is 0.359. The summed E-state index contributed by atoms with van der Waals surface area (Å²) >= 11 is 0. The van der Waals surface area contributed by atoms with Gasteiger partial charge in [-0.1, -0.05) is 18.2 Å². The lowest BCUT2D eigenvalue weighted by Crippen LogP contribution is -2.59. The molecule has 2 heterocycles. The second-order valence-electron chi connectivity index (χ2n) is 6.83. The summed E-state index contributed by atoms with van der Waals surface area (Å²) in [5.41, 5.74) is 1.40. The number of hydrogen-bond acceptors (Lipinski definition) is 8. The Bertz CT molecular complexity index is 742. The maximum Gasteiger partial charge on any atom is 0.261 e. The Balaban J connectivity index is 1.57. The van der Waals surface area contributed by atoms with Gasteiger partial charge in [-0.15, -0.1) is 0 Å². The zero-order chi connectivity index (χ0) is 20.4. The molecule has 0 unspecified atom stereocenters. The van der Waals surface area contributed by atoms with Gasteiger partial charge in [-0.3, -0.25) is 14.5 Å². The normalized spacial score (nSPS) is 30.7. The third kappa shape index (κ3) is 3.86. The van der Waals surface area contributed by atoms with Crippen LogP contribution in [0.5, 0.6) is 0 Å². The Morgan fingerprint density at radius 1 is 1.11 bits per heavy atom. The molecule has 1 fully saturated rings. The Kier molecular flexibility index (Phi) is 6.23. The summed E-state index contributed by atoms with van der Waals surface area (Å²) in [6.07, 6.45) is -5.10. The van der Waals surface area contributed by atoms with E-state index in [0.29, 0.717) is 16.7 Å². The van der Waals surface area contributed by atoms with Gasteiger partial charge in [0.1, 0.15) is 24.4 Å². The molecule has 28 heavy (non-hydrogen) atoms. The number of amides is 2. The number of imide groups is 1. The van der Waals surface area contributed by atoms with Crippen LogP contribution in [0.1, 0.15) is 27.6 Å². The number of hydrogen-bond donors (Lipinski definition) is 4. The molecule has 2 aliphatic heterocycles. The summed E-state index contributed by atoms with van der Waals surface area (Å²) in [6.45, 7) is 1.23. The standard InChI is InChI=1S/C19H23NO8/c1-10(9-27-19-16(24)15(23)14(22)13(8-21)28-19)6-7-20-17(25)11-4-2-3-5-12(11)18(20)26/h2-6,13-16,19,21-24H,7-9H2,1H3/t13-,14-,15+,16-,19+/m1/s1. The minimum atomic E-state index is -1.52. The minimum Gasteiger partial charge on any atom is -0.394 e. The molecule has 9 nitrogen and oxygen atoms in total. The van der Waals surface area contributed by atoms with E-state index >= 15 is 0 Å². The van der Waals surface area contributed by atoms with Crippen molar-refractivity contribution in [2.45, 2.75) is 37.6 Å². The smallest absolute Gasteiger partial charge is 0.261 e. The third-order valence-electron chi connectivity index (χ3n) is 4.82. The van der Waals surface area contributed by atoms with Crippen LogP contribution in [0.4, 0.5) is 0 Å². The highest BCUT2D eigenvalue weighted by molar-refractivity contribution is 6.21. The average molecular weight is 393 g/mol. The van der Waals surface area contributed by atoms with E-state index in [1.807, 2.05) is 0 Å². The van der Waals surface area contributed by atoms with Crippen LogP contribution in [0.3, 0.4) is 0 Å². The molecule has 1 saturated heterocycles.